The Kier molecular flexibility index (Phi) is 2.09. The van der Waals surface area contributed by atoms with Crippen LogP contribution in [0.4, 0.5) is 11.4 Å². The molecule has 0 saturated carbocycles. The van der Waals surface area contributed by atoms with Crippen molar-refractivity contribution in [3.8, 4) is 0 Å². The number of anilines is 1. The summed E-state index contributed by atoms with van der Waals surface area (Å²) in [6.07, 6.45) is 2.32. The molecule has 1 N–H and O–H groups in total. The van der Waals surface area contributed by atoms with E-state index in [1.807, 2.05) is 18.2 Å². The molecule has 100 valence electrons. The quantitative estimate of drug-likeness (QED) is 0.694. The van der Waals surface area contributed by atoms with Crippen LogP contribution in [0.2, 0.25) is 0 Å². The molecule has 0 amide bonds. The van der Waals surface area contributed by atoms with E-state index in [4.69, 9.17) is 4.99 Å². The highest BCUT2D eigenvalue weighted by molar-refractivity contribution is 6.20. The maximum Gasteiger partial charge on any atom is 0.138 e. The number of nitrogens with zero attached hydrogens (tertiary/aromatic N) is 1. The van der Waals surface area contributed by atoms with E-state index in [1.54, 1.807) is 0 Å². The molecule has 2 nitrogen and oxygen atoms in total. The Morgan fingerprint density at radius 2 is 1.52 bits per heavy atom. The topological polar surface area (TPSA) is 24.4 Å². The minimum atomic E-state index is 0.934. The molecular formula is C19H14N2. The van der Waals surface area contributed by atoms with Gasteiger partial charge in [-0.15, -0.1) is 0 Å². The molecule has 0 fully saturated rings. The summed E-state index contributed by atoms with van der Waals surface area (Å²) in [5, 5.41) is 6.23. The lowest BCUT2D eigenvalue weighted by Crippen LogP contribution is -2.16. The summed E-state index contributed by atoms with van der Waals surface area (Å²) in [4.78, 5) is 4.85. The summed E-state index contributed by atoms with van der Waals surface area (Å²) in [6.45, 7) is 0. The molecule has 3 aromatic rings. The van der Waals surface area contributed by atoms with E-state index in [2.05, 4.69) is 41.7 Å². The number of hydrogen-bond acceptors (Lipinski definition) is 2. The Morgan fingerprint density at radius 3 is 2.33 bits per heavy atom. The summed E-state index contributed by atoms with van der Waals surface area (Å²) < 4.78 is 0. The van der Waals surface area contributed by atoms with Crippen LogP contribution in [0.1, 0.15) is 16.7 Å². The van der Waals surface area contributed by atoms with Gasteiger partial charge in [-0.1, -0.05) is 42.5 Å². The third kappa shape index (κ3) is 1.50. The fraction of sp³-hybridized carbons (Fsp3) is 0.105. The Bertz CT molecular complexity index is 897. The van der Waals surface area contributed by atoms with Gasteiger partial charge in [0.25, 0.3) is 0 Å². The van der Waals surface area contributed by atoms with Crippen molar-refractivity contribution in [2.24, 2.45) is 4.99 Å². The van der Waals surface area contributed by atoms with E-state index in [-0.39, 0.29) is 0 Å². The van der Waals surface area contributed by atoms with Gasteiger partial charge in [0.15, 0.2) is 0 Å². The predicted molar refractivity (Wildman–Crippen MR) is 87.6 cm³/mol. The standard InChI is InChI=1S/C19H14N2/c1-2-4-14(5-3-1)19-20-15-10-8-12-6-7-13-9-11-16(21-19)18(15)17(12)13/h1-5,8-11H,6-7H2,(H,20,21). The maximum absolute atomic E-state index is 4.85. The van der Waals surface area contributed by atoms with Gasteiger partial charge in [-0.3, -0.25) is 0 Å². The second-order valence-electron chi connectivity index (χ2n) is 5.72. The second-order valence-corrected chi connectivity index (χ2v) is 5.72. The number of rotatable bonds is 1. The Morgan fingerprint density at radius 1 is 0.762 bits per heavy atom. The van der Waals surface area contributed by atoms with Crippen molar-refractivity contribution in [2.75, 3.05) is 5.32 Å². The normalized spacial score (nSPS) is 15.0. The maximum atomic E-state index is 4.85. The van der Waals surface area contributed by atoms with E-state index >= 15 is 0 Å². The molecule has 21 heavy (non-hydrogen) atoms. The monoisotopic (exact) mass is 270 g/mol. The van der Waals surface area contributed by atoms with E-state index in [1.165, 1.54) is 27.6 Å². The first kappa shape index (κ1) is 11.1. The van der Waals surface area contributed by atoms with Crippen LogP contribution in [0.15, 0.2) is 59.6 Å². The van der Waals surface area contributed by atoms with Crippen molar-refractivity contribution in [3.05, 3.63) is 71.3 Å². The van der Waals surface area contributed by atoms with Crippen LogP contribution in [-0.2, 0) is 12.8 Å². The van der Waals surface area contributed by atoms with Gasteiger partial charge >= 0.3 is 0 Å². The Hall–Kier alpha value is -2.61. The molecule has 0 atom stereocenters. The smallest absolute Gasteiger partial charge is 0.138 e. The zero-order valence-corrected chi connectivity index (χ0v) is 11.6. The first-order valence-corrected chi connectivity index (χ1v) is 7.39. The molecule has 0 aromatic heterocycles. The highest BCUT2D eigenvalue weighted by atomic mass is 15.0. The van der Waals surface area contributed by atoms with Crippen molar-refractivity contribution in [1.82, 2.24) is 0 Å². The number of amidine groups is 1. The third-order valence-electron chi connectivity index (χ3n) is 4.51. The number of aliphatic imine (C=N–C) groups is 1. The lowest BCUT2D eigenvalue weighted by molar-refractivity contribution is 1.02. The number of hydrogen-bond donors (Lipinski definition) is 1. The summed E-state index contributed by atoms with van der Waals surface area (Å²) in [7, 11) is 0. The van der Waals surface area contributed by atoms with Crippen molar-refractivity contribution in [3.63, 3.8) is 0 Å². The third-order valence-corrected chi connectivity index (χ3v) is 4.51. The number of benzene rings is 3. The van der Waals surface area contributed by atoms with Gasteiger partial charge in [-0.2, -0.15) is 0 Å². The summed E-state index contributed by atoms with van der Waals surface area (Å²) >= 11 is 0. The van der Waals surface area contributed by atoms with E-state index in [9.17, 15) is 0 Å². The van der Waals surface area contributed by atoms with Gasteiger partial charge in [-0.05, 0) is 41.5 Å². The molecule has 1 aliphatic carbocycles. The first-order chi connectivity index (χ1) is 10.4. The van der Waals surface area contributed by atoms with Gasteiger partial charge in [0, 0.05) is 16.6 Å². The zero-order valence-electron chi connectivity index (χ0n) is 11.6. The predicted octanol–water partition coefficient (Wildman–Crippen LogP) is 4.44. The molecule has 0 radical (unpaired) electrons. The van der Waals surface area contributed by atoms with E-state index < -0.39 is 0 Å². The fourth-order valence-electron chi connectivity index (χ4n) is 3.52. The van der Waals surface area contributed by atoms with Crippen LogP contribution in [0.3, 0.4) is 0 Å². The minimum absolute atomic E-state index is 0.934. The lowest BCUT2D eigenvalue weighted by atomic mass is 10.00. The largest absolute Gasteiger partial charge is 0.339 e. The highest BCUT2D eigenvalue weighted by Gasteiger charge is 2.22. The fourth-order valence-corrected chi connectivity index (χ4v) is 3.52. The van der Waals surface area contributed by atoms with Crippen molar-refractivity contribution < 1.29 is 0 Å². The van der Waals surface area contributed by atoms with Crippen LogP contribution < -0.4 is 5.32 Å². The zero-order chi connectivity index (χ0) is 13.8. The van der Waals surface area contributed by atoms with Crippen LogP contribution in [0, 0.1) is 0 Å². The van der Waals surface area contributed by atoms with Gasteiger partial charge in [-0.25, -0.2) is 4.99 Å². The molecule has 5 rings (SSSR count). The highest BCUT2D eigenvalue weighted by Crippen LogP contribution is 2.42. The molecule has 0 saturated heterocycles. The van der Waals surface area contributed by atoms with Crippen LogP contribution in [-0.4, -0.2) is 5.84 Å². The summed E-state index contributed by atoms with van der Waals surface area (Å²) in [5.74, 6) is 0.934. The van der Waals surface area contributed by atoms with Gasteiger partial charge in [0.2, 0.25) is 0 Å². The SMILES string of the molecule is c1ccc(C2=Nc3ccc4c5c(ccc(c35)N2)CC4)cc1. The van der Waals surface area contributed by atoms with Crippen molar-refractivity contribution in [2.45, 2.75) is 12.8 Å². The molecule has 3 aromatic carbocycles. The van der Waals surface area contributed by atoms with E-state index in [0.717, 1.165) is 29.9 Å². The van der Waals surface area contributed by atoms with Crippen molar-refractivity contribution in [1.29, 1.82) is 0 Å². The molecule has 1 heterocycles. The lowest BCUT2D eigenvalue weighted by Gasteiger charge is -2.20. The van der Waals surface area contributed by atoms with Gasteiger partial charge in [0.05, 0.1) is 5.69 Å². The molecule has 0 spiro atoms. The second kappa shape index (κ2) is 3.95. The van der Waals surface area contributed by atoms with Crippen LogP contribution in [0.5, 0.6) is 0 Å². The van der Waals surface area contributed by atoms with Crippen LogP contribution in [0.25, 0.3) is 10.8 Å². The number of aryl methyl sites for hydroxylation is 2. The average Bonchev–Trinajstić information content (AvgIpc) is 2.98. The van der Waals surface area contributed by atoms with Crippen LogP contribution >= 0.6 is 0 Å². The molecule has 2 heteroatoms. The molecule has 2 aliphatic rings. The van der Waals surface area contributed by atoms with E-state index in [0.29, 0.717) is 0 Å². The molecule has 0 unspecified atom stereocenters. The first-order valence-electron chi connectivity index (χ1n) is 7.39. The van der Waals surface area contributed by atoms with Gasteiger partial charge < -0.3 is 5.32 Å². The average molecular weight is 270 g/mol. The summed E-state index contributed by atoms with van der Waals surface area (Å²) in [6, 6.07) is 19.2. The molecule has 1 aliphatic heterocycles. The van der Waals surface area contributed by atoms with Crippen molar-refractivity contribution >= 4 is 28.0 Å². The minimum Gasteiger partial charge on any atom is -0.339 e. The molecule has 0 bridgehead atoms. The Balaban J connectivity index is 1.80. The number of nitrogens with one attached hydrogen (secondary N) is 1. The molecular weight excluding hydrogens is 256 g/mol. The Labute approximate surface area is 123 Å². The van der Waals surface area contributed by atoms with Gasteiger partial charge in [0.1, 0.15) is 5.84 Å². The summed E-state index contributed by atoms with van der Waals surface area (Å²) in [5.41, 5.74) is 6.32.